The molecule has 1 aromatic heterocycles. The Morgan fingerprint density at radius 3 is 3.00 bits per heavy atom. The van der Waals surface area contributed by atoms with E-state index in [1.807, 2.05) is 0 Å². The zero-order valence-electron chi connectivity index (χ0n) is 10.4. The lowest BCUT2D eigenvalue weighted by atomic mass is 10.2. The normalized spacial score (nSPS) is 14.8. The summed E-state index contributed by atoms with van der Waals surface area (Å²) in [6.07, 6.45) is 5.20. The predicted molar refractivity (Wildman–Crippen MR) is 73.7 cm³/mol. The van der Waals surface area contributed by atoms with Gasteiger partial charge in [0.05, 0.1) is 16.9 Å². The highest BCUT2D eigenvalue weighted by Gasteiger charge is 2.19. The number of aromatic amines is 1. The third-order valence-electron chi connectivity index (χ3n) is 3.23. The van der Waals surface area contributed by atoms with Crippen molar-refractivity contribution in [3.8, 4) is 11.3 Å². The first-order valence-corrected chi connectivity index (χ1v) is 6.83. The van der Waals surface area contributed by atoms with E-state index in [4.69, 9.17) is 11.6 Å². The molecule has 1 aliphatic carbocycles. The number of H-pyrrole nitrogens is 1. The van der Waals surface area contributed by atoms with E-state index >= 15 is 0 Å². The maximum absolute atomic E-state index is 13.1. The van der Waals surface area contributed by atoms with E-state index in [1.54, 1.807) is 18.3 Å². The predicted octanol–water partition coefficient (Wildman–Crippen LogP) is 3.16. The summed E-state index contributed by atoms with van der Waals surface area (Å²) in [6.45, 7) is 0.932. The molecular weight excluding hydrogens is 265 g/mol. The van der Waals surface area contributed by atoms with Crippen LogP contribution < -0.4 is 5.32 Å². The molecule has 0 amide bonds. The smallest absolute Gasteiger partial charge is 0.141 e. The second-order valence-electron chi connectivity index (χ2n) is 4.85. The average molecular weight is 280 g/mol. The summed E-state index contributed by atoms with van der Waals surface area (Å²) in [5, 5.41) is 3.57. The largest absolute Gasteiger partial charge is 0.342 e. The lowest BCUT2D eigenvalue weighted by Gasteiger charge is -2.01. The Bertz CT molecular complexity index is 578. The summed E-state index contributed by atoms with van der Waals surface area (Å²) < 4.78 is 13.1. The zero-order valence-corrected chi connectivity index (χ0v) is 11.2. The highest BCUT2D eigenvalue weighted by atomic mass is 35.5. The quantitative estimate of drug-likeness (QED) is 0.883. The van der Waals surface area contributed by atoms with Gasteiger partial charge in [0.15, 0.2) is 0 Å². The topological polar surface area (TPSA) is 40.7 Å². The van der Waals surface area contributed by atoms with Crippen molar-refractivity contribution in [1.82, 2.24) is 15.3 Å². The third-order valence-corrected chi connectivity index (χ3v) is 3.52. The van der Waals surface area contributed by atoms with Gasteiger partial charge in [-0.3, -0.25) is 0 Å². The van der Waals surface area contributed by atoms with E-state index in [2.05, 4.69) is 15.3 Å². The molecule has 5 heteroatoms. The Kier molecular flexibility index (Phi) is 3.53. The van der Waals surface area contributed by atoms with E-state index in [-0.39, 0.29) is 5.02 Å². The first kappa shape index (κ1) is 12.6. The Balaban J connectivity index is 1.67. The van der Waals surface area contributed by atoms with E-state index in [1.165, 1.54) is 18.9 Å². The van der Waals surface area contributed by atoms with Crippen LogP contribution in [0.15, 0.2) is 24.4 Å². The number of nitrogens with zero attached hydrogens (tertiary/aromatic N) is 1. The fourth-order valence-corrected chi connectivity index (χ4v) is 2.16. The summed E-state index contributed by atoms with van der Waals surface area (Å²) in [4.78, 5) is 7.57. The minimum Gasteiger partial charge on any atom is -0.342 e. The lowest BCUT2D eigenvalue weighted by molar-refractivity contribution is 0.628. The molecule has 0 aliphatic heterocycles. The molecule has 19 heavy (non-hydrogen) atoms. The number of nitrogens with one attached hydrogen (secondary N) is 2. The molecule has 0 atom stereocenters. The highest BCUT2D eigenvalue weighted by Crippen LogP contribution is 2.23. The molecule has 1 heterocycles. The number of imidazole rings is 1. The van der Waals surface area contributed by atoms with Gasteiger partial charge < -0.3 is 10.3 Å². The fraction of sp³-hybridized carbons (Fsp3) is 0.357. The molecule has 1 aliphatic rings. The van der Waals surface area contributed by atoms with Gasteiger partial charge in [0, 0.05) is 24.6 Å². The van der Waals surface area contributed by atoms with Crippen molar-refractivity contribution in [3.63, 3.8) is 0 Å². The van der Waals surface area contributed by atoms with Crippen LogP contribution in [0.25, 0.3) is 11.3 Å². The number of hydrogen-bond acceptors (Lipinski definition) is 2. The average Bonchev–Trinajstić information content (AvgIpc) is 3.10. The molecule has 2 N–H and O–H groups in total. The van der Waals surface area contributed by atoms with Crippen LogP contribution in [0.5, 0.6) is 0 Å². The molecule has 0 radical (unpaired) electrons. The molecule has 1 fully saturated rings. The van der Waals surface area contributed by atoms with Gasteiger partial charge in [0.25, 0.3) is 0 Å². The molecule has 0 bridgehead atoms. The van der Waals surface area contributed by atoms with E-state index in [9.17, 15) is 4.39 Å². The maximum atomic E-state index is 13.1. The van der Waals surface area contributed by atoms with Gasteiger partial charge in [0.1, 0.15) is 11.6 Å². The molecular formula is C14H15ClFN3. The number of rotatable bonds is 5. The SMILES string of the molecule is Fc1ccc(-c2cnc(CCNC3CC3)[nH]2)cc1Cl. The summed E-state index contributed by atoms with van der Waals surface area (Å²) in [5.74, 6) is 0.530. The van der Waals surface area contributed by atoms with Gasteiger partial charge in [-0.15, -0.1) is 0 Å². The van der Waals surface area contributed by atoms with E-state index in [0.717, 1.165) is 30.0 Å². The molecule has 0 unspecified atom stereocenters. The van der Waals surface area contributed by atoms with Crippen LogP contribution in [-0.4, -0.2) is 22.6 Å². The Labute approximate surface area is 116 Å². The van der Waals surface area contributed by atoms with Gasteiger partial charge >= 0.3 is 0 Å². The van der Waals surface area contributed by atoms with Crippen LogP contribution in [0, 0.1) is 5.82 Å². The van der Waals surface area contributed by atoms with Crippen molar-refractivity contribution >= 4 is 11.6 Å². The van der Waals surface area contributed by atoms with Crippen molar-refractivity contribution in [2.75, 3.05) is 6.54 Å². The lowest BCUT2D eigenvalue weighted by Crippen LogP contribution is -2.19. The van der Waals surface area contributed by atoms with Gasteiger partial charge in [-0.25, -0.2) is 9.37 Å². The van der Waals surface area contributed by atoms with Crippen LogP contribution in [0.1, 0.15) is 18.7 Å². The summed E-state index contributed by atoms with van der Waals surface area (Å²) in [6, 6.07) is 5.38. The van der Waals surface area contributed by atoms with Crippen molar-refractivity contribution in [1.29, 1.82) is 0 Å². The molecule has 100 valence electrons. The minimum absolute atomic E-state index is 0.129. The first-order valence-electron chi connectivity index (χ1n) is 6.45. The summed E-state index contributed by atoms with van der Waals surface area (Å²) in [7, 11) is 0. The van der Waals surface area contributed by atoms with Crippen molar-refractivity contribution in [2.45, 2.75) is 25.3 Å². The minimum atomic E-state index is -0.404. The molecule has 3 rings (SSSR count). The van der Waals surface area contributed by atoms with Gasteiger partial charge in [-0.1, -0.05) is 11.6 Å². The number of aromatic nitrogens is 2. The number of halogens is 2. The van der Waals surface area contributed by atoms with Crippen LogP contribution >= 0.6 is 11.6 Å². The molecule has 2 aromatic rings. The molecule has 0 saturated heterocycles. The number of hydrogen-bond donors (Lipinski definition) is 2. The molecule has 0 spiro atoms. The van der Waals surface area contributed by atoms with E-state index < -0.39 is 5.82 Å². The Morgan fingerprint density at radius 2 is 2.26 bits per heavy atom. The first-order chi connectivity index (χ1) is 9.22. The van der Waals surface area contributed by atoms with Crippen LogP contribution in [0.2, 0.25) is 5.02 Å². The fourth-order valence-electron chi connectivity index (χ4n) is 1.98. The molecule has 3 nitrogen and oxygen atoms in total. The summed E-state index contributed by atoms with van der Waals surface area (Å²) in [5.41, 5.74) is 1.71. The van der Waals surface area contributed by atoms with E-state index in [0.29, 0.717) is 6.04 Å². The van der Waals surface area contributed by atoms with Crippen LogP contribution in [-0.2, 0) is 6.42 Å². The van der Waals surface area contributed by atoms with Gasteiger partial charge in [-0.2, -0.15) is 0 Å². The maximum Gasteiger partial charge on any atom is 0.141 e. The summed E-state index contributed by atoms with van der Waals surface area (Å²) >= 11 is 5.78. The van der Waals surface area contributed by atoms with Crippen LogP contribution in [0.3, 0.4) is 0 Å². The van der Waals surface area contributed by atoms with Gasteiger partial charge in [-0.05, 0) is 31.0 Å². The van der Waals surface area contributed by atoms with Crippen molar-refractivity contribution in [3.05, 3.63) is 41.1 Å². The van der Waals surface area contributed by atoms with Crippen molar-refractivity contribution < 1.29 is 4.39 Å². The monoisotopic (exact) mass is 279 g/mol. The zero-order chi connectivity index (χ0) is 13.2. The Morgan fingerprint density at radius 1 is 1.42 bits per heavy atom. The molecule has 1 aromatic carbocycles. The standard InChI is InChI=1S/C14H15ClFN3/c15-11-7-9(1-4-12(11)16)13-8-18-14(19-13)5-6-17-10-2-3-10/h1,4,7-8,10,17H,2-3,5-6H2,(H,18,19). The Hall–Kier alpha value is -1.39. The highest BCUT2D eigenvalue weighted by molar-refractivity contribution is 6.31. The second-order valence-corrected chi connectivity index (χ2v) is 5.26. The van der Waals surface area contributed by atoms with Crippen LogP contribution in [0.4, 0.5) is 4.39 Å². The third kappa shape index (κ3) is 3.14. The molecule has 1 saturated carbocycles. The number of benzene rings is 1. The second kappa shape index (κ2) is 5.31. The van der Waals surface area contributed by atoms with Gasteiger partial charge in [0.2, 0.25) is 0 Å². The van der Waals surface area contributed by atoms with Crippen molar-refractivity contribution in [2.24, 2.45) is 0 Å².